The fourth-order valence-electron chi connectivity index (χ4n) is 2.05. The molecule has 0 aliphatic heterocycles. The maximum atomic E-state index is 6.02. The van der Waals surface area contributed by atoms with Crippen LogP contribution in [0.2, 0.25) is 5.02 Å². The Morgan fingerprint density at radius 2 is 2.30 bits per heavy atom. The van der Waals surface area contributed by atoms with Crippen LogP contribution in [0.25, 0.3) is 4.96 Å². The number of benzene rings is 1. The van der Waals surface area contributed by atoms with Crippen LogP contribution < -0.4 is 10.5 Å². The van der Waals surface area contributed by atoms with Gasteiger partial charge in [0.05, 0.1) is 5.69 Å². The van der Waals surface area contributed by atoms with Crippen LogP contribution in [0.1, 0.15) is 11.3 Å². The molecule has 4 nitrogen and oxygen atoms in total. The second-order valence-corrected chi connectivity index (χ2v) is 5.78. The maximum absolute atomic E-state index is 6.02. The Kier molecular flexibility index (Phi) is 3.65. The average Bonchev–Trinajstić information content (AvgIpc) is 2.98. The van der Waals surface area contributed by atoms with Crippen molar-refractivity contribution in [3.63, 3.8) is 0 Å². The Morgan fingerprint density at radius 1 is 1.45 bits per heavy atom. The van der Waals surface area contributed by atoms with E-state index in [2.05, 4.69) is 4.98 Å². The van der Waals surface area contributed by atoms with Crippen LogP contribution in [0.15, 0.2) is 29.8 Å². The van der Waals surface area contributed by atoms with E-state index in [1.165, 1.54) is 0 Å². The lowest BCUT2D eigenvalue weighted by atomic mass is 10.2. The number of rotatable bonds is 4. The topological polar surface area (TPSA) is 52.5 Å². The summed E-state index contributed by atoms with van der Waals surface area (Å²) < 4.78 is 7.97. The molecule has 0 spiro atoms. The van der Waals surface area contributed by atoms with Gasteiger partial charge in [0, 0.05) is 23.0 Å². The Bertz CT molecular complexity index is 750. The Labute approximate surface area is 125 Å². The number of hydrogen-bond acceptors (Lipinski definition) is 4. The number of nitrogens with zero attached hydrogens (tertiary/aromatic N) is 2. The molecule has 3 aromatic rings. The summed E-state index contributed by atoms with van der Waals surface area (Å²) in [5.41, 5.74) is 7.69. The Morgan fingerprint density at radius 3 is 3.10 bits per heavy atom. The largest absolute Gasteiger partial charge is 0.437 e. The number of nitrogens with two attached hydrogens (primary N) is 1. The second-order valence-electron chi connectivity index (χ2n) is 4.47. The molecule has 0 unspecified atom stereocenters. The van der Waals surface area contributed by atoms with E-state index in [1.54, 1.807) is 17.4 Å². The molecule has 0 bridgehead atoms. The van der Waals surface area contributed by atoms with Crippen LogP contribution in [0.4, 0.5) is 0 Å². The van der Waals surface area contributed by atoms with Crippen molar-refractivity contribution < 1.29 is 4.74 Å². The van der Waals surface area contributed by atoms with Crippen LogP contribution in [-0.2, 0) is 6.42 Å². The molecular formula is C14H14ClN3OS. The van der Waals surface area contributed by atoms with Gasteiger partial charge in [0.2, 0.25) is 5.88 Å². The average molecular weight is 308 g/mol. The molecule has 2 heterocycles. The number of halogens is 1. The van der Waals surface area contributed by atoms with Crippen molar-refractivity contribution in [2.24, 2.45) is 5.73 Å². The predicted molar refractivity (Wildman–Crippen MR) is 82.1 cm³/mol. The number of imidazole rings is 1. The highest BCUT2D eigenvalue weighted by molar-refractivity contribution is 7.15. The standard InChI is InChI=1S/C14H14ClN3OS/c1-9-2-3-10(15)8-12(9)19-13-11(4-5-16)18-6-7-20-14(18)17-13/h2-3,6-8H,4-5,16H2,1H3. The first-order valence-electron chi connectivity index (χ1n) is 6.27. The monoisotopic (exact) mass is 307 g/mol. The van der Waals surface area contributed by atoms with Gasteiger partial charge in [-0.25, -0.2) is 0 Å². The number of aryl methyl sites for hydroxylation is 1. The summed E-state index contributed by atoms with van der Waals surface area (Å²) >= 11 is 7.59. The van der Waals surface area contributed by atoms with Crippen molar-refractivity contribution in [2.45, 2.75) is 13.3 Å². The SMILES string of the molecule is Cc1ccc(Cl)cc1Oc1nc2sccn2c1CCN. The van der Waals surface area contributed by atoms with Crippen molar-refractivity contribution in [2.75, 3.05) is 6.54 Å². The molecule has 3 rings (SSSR count). The summed E-state index contributed by atoms with van der Waals surface area (Å²) in [5, 5.41) is 2.64. The van der Waals surface area contributed by atoms with Gasteiger partial charge in [-0.3, -0.25) is 4.40 Å². The highest BCUT2D eigenvalue weighted by Gasteiger charge is 2.15. The molecule has 0 saturated carbocycles. The van der Waals surface area contributed by atoms with Gasteiger partial charge < -0.3 is 10.5 Å². The van der Waals surface area contributed by atoms with Gasteiger partial charge in [0.25, 0.3) is 0 Å². The zero-order valence-corrected chi connectivity index (χ0v) is 12.5. The van der Waals surface area contributed by atoms with Crippen molar-refractivity contribution in [3.8, 4) is 11.6 Å². The molecule has 104 valence electrons. The van der Waals surface area contributed by atoms with E-state index in [0.29, 0.717) is 23.9 Å². The quantitative estimate of drug-likeness (QED) is 0.800. The molecule has 0 aliphatic carbocycles. The summed E-state index contributed by atoms with van der Waals surface area (Å²) in [6, 6.07) is 5.57. The van der Waals surface area contributed by atoms with Gasteiger partial charge >= 0.3 is 0 Å². The normalized spacial score (nSPS) is 11.2. The molecule has 0 amide bonds. The number of hydrogen-bond donors (Lipinski definition) is 1. The van der Waals surface area contributed by atoms with Crippen LogP contribution in [-0.4, -0.2) is 15.9 Å². The molecule has 20 heavy (non-hydrogen) atoms. The molecule has 0 saturated heterocycles. The van der Waals surface area contributed by atoms with E-state index in [0.717, 1.165) is 22.0 Å². The van der Waals surface area contributed by atoms with Gasteiger partial charge in [-0.2, -0.15) is 4.98 Å². The maximum Gasteiger partial charge on any atom is 0.242 e. The smallest absolute Gasteiger partial charge is 0.242 e. The minimum absolute atomic E-state index is 0.550. The highest BCUT2D eigenvalue weighted by atomic mass is 35.5. The summed E-state index contributed by atoms with van der Waals surface area (Å²) in [4.78, 5) is 5.42. The van der Waals surface area contributed by atoms with Gasteiger partial charge in [-0.1, -0.05) is 17.7 Å². The minimum Gasteiger partial charge on any atom is -0.437 e. The van der Waals surface area contributed by atoms with E-state index >= 15 is 0 Å². The second kappa shape index (κ2) is 5.44. The molecule has 0 radical (unpaired) electrons. The lowest BCUT2D eigenvalue weighted by molar-refractivity contribution is 0.456. The lowest BCUT2D eigenvalue weighted by Gasteiger charge is -2.08. The van der Waals surface area contributed by atoms with Crippen molar-refractivity contribution >= 4 is 27.9 Å². The summed E-state index contributed by atoms with van der Waals surface area (Å²) in [6.45, 7) is 2.53. The third-order valence-electron chi connectivity index (χ3n) is 3.06. The van der Waals surface area contributed by atoms with Crippen LogP contribution in [0.5, 0.6) is 11.6 Å². The molecule has 1 aromatic carbocycles. The van der Waals surface area contributed by atoms with Crippen LogP contribution >= 0.6 is 22.9 Å². The first kappa shape index (κ1) is 13.4. The zero-order chi connectivity index (χ0) is 14.1. The van der Waals surface area contributed by atoms with Crippen molar-refractivity contribution in [1.82, 2.24) is 9.38 Å². The lowest BCUT2D eigenvalue weighted by Crippen LogP contribution is -2.05. The molecule has 0 aliphatic rings. The summed E-state index contributed by atoms with van der Waals surface area (Å²) in [5.74, 6) is 1.33. The van der Waals surface area contributed by atoms with Gasteiger partial charge in [0.1, 0.15) is 5.75 Å². The predicted octanol–water partition coefficient (Wildman–Crippen LogP) is 3.65. The van der Waals surface area contributed by atoms with Gasteiger partial charge in [-0.15, -0.1) is 11.3 Å². The van der Waals surface area contributed by atoms with E-state index in [4.69, 9.17) is 22.1 Å². The van der Waals surface area contributed by atoms with Gasteiger partial charge in [-0.05, 0) is 31.2 Å². The number of thiazole rings is 1. The molecule has 6 heteroatoms. The van der Waals surface area contributed by atoms with E-state index < -0.39 is 0 Å². The fourth-order valence-corrected chi connectivity index (χ4v) is 2.93. The van der Waals surface area contributed by atoms with Gasteiger partial charge in [0.15, 0.2) is 4.96 Å². The fraction of sp³-hybridized carbons (Fsp3) is 0.214. The Hall–Kier alpha value is -1.56. The minimum atomic E-state index is 0.550. The number of aromatic nitrogens is 2. The molecular weight excluding hydrogens is 294 g/mol. The third kappa shape index (κ3) is 2.40. The van der Waals surface area contributed by atoms with E-state index in [-0.39, 0.29) is 0 Å². The molecule has 0 fully saturated rings. The zero-order valence-electron chi connectivity index (χ0n) is 11.0. The summed E-state index contributed by atoms with van der Waals surface area (Å²) in [7, 11) is 0. The van der Waals surface area contributed by atoms with Crippen molar-refractivity contribution in [1.29, 1.82) is 0 Å². The third-order valence-corrected chi connectivity index (χ3v) is 4.05. The number of fused-ring (bicyclic) bond motifs is 1. The molecule has 2 N–H and O–H groups in total. The van der Waals surface area contributed by atoms with Crippen molar-refractivity contribution in [3.05, 3.63) is 46.1 Å². The molecule has 0 atom stereocenters. The molecule has 2 aromatic heterocycles. The van der Waals surface area contributed by atoms with E-state index in [1.807, 2.05) is 35.0 Å². The first-order valence-corrected chi connectivity index (χ1v) is 7.53. The van der Waals surface area contributed by atoms with E-state index in [9.17, 15) is 0 Å². The summed E-state index contributed by atoms with van der Waals surface area (Å²) in [6.07, 6.45) is 2.70. The Balaban J connectivity index is 2.03. The highest BCUT2D eigenvalue weighted by Crippen LogP contribution is 2.31. The van der Waals surface area contributed by atoms with Crippen LogP contribution in [0, 0.1) is 6.92 Å². The first-order chi connectivity index (χ1) is 9.69. The number of ether oxygens (including phenoxy) is 1. The van der Waals surface area contributed by atoms with Crippen LogP contribution in [0.3, 0.4) is 0 Å².